The number of hydrogen-bond donors (Lipinski definition) is 0. The first-order chi connectivity index (χ1) is 11.4. The highest BCUT2D eigenvalue weighted by atomic mass is 79.9. The van der Waals surface area contributed by atoms with E-state index in [2.05, 4.69) is 15.9 Å². The molecule has 24 heavy (non-hydrogen) atoms. The molecule has 0 saturated carbocycles. The fourth-order valence-electron chi connectivity index (χ4n) is 3.39. The Morgan fingerprint density at radius 1 is 1.12 bits per heavy atom. The number of carbonyl (C=O) groups is 1. The molecular weight excluding hydrogens is 399 g/mol. The van der Waals surface area contributed by atoms with E-state index in [1.807, 2.05) is 0 Å². The molecule has 1 unspecified atom stereocenters. The molecule has 1 amide bonds. The molecule has 5 nitrogen and oxygen atoms in total. The summed E-state index contributed by atoms with van der Waals surface area (Å²) in [4.78, 5) is 14.1. The Labute approximate surface area is 150 Å². The highest BCUT2D eigenvalue weighted by molar-refractivity contribution is 9.10. The normalized spacial score (nSPS) is 22.8. The number of piperidine rings is 1. The van der Waals surface area contributed by atoms with Gasteiger partial charge in [-0.15, -0.1) is 0 Å². The molecule has 0 radical (unpaired) electrons. The van der Waals surface area contributed by atoms with Crippen LogP contribution in [0.25, 0.3) is 0 Å². The molecule has 2 aliphatic heterocycles. The van der Waals surface area contributed by atoms with Crippen molar-refractivity contribution in [1.29, 1.82) is 0 Å². The maximum absolute atomic E-state index is 14.1. The summed E-state index contributed by atoms with van der Waals surface area (Å²) in [5, 5.41) is 0. The highest BCUT2D eigenvalue weighted by Crippen LogP contribution is 2.30. The van der Waals surface area contributed by atoms with Crippen molar-refractivity contribution in [3.05, 3.63) is 28.5 Å². The van der Waals surface area contributed by atoms with E-state index in [0.717, 1.165) is 25.3 Å². The van der Waals surface area contributed by atoms with E-state index in [4.69, 9.17) is 0 Å². The summed E-state index contributed by atoms with van der Waals surface area (Å²) >= 11 is 3.19. The van der Waals surface area contributed by atoms with Gasteiger partial charge in [-0.3, -0.25) is 4.79 Å². The van der Waals surface area contributed by atoms with Gasteiger partial charge in [0.2, 0.25) is 15.9 Å². The van der Waals surface area contributed by atoms with Crippen LogP contribution >= 0.6 is 15.9 Å². The zero-order chi connectivity index (χ0) is 17.3. The van der Waals surface area contributed by atoms with Gasteiger partial charge in [0, 0.05) is 24.1 Å². The number of carbonyl (C=O) groups excluding carboxylic acids is 1. The van der Waals surface area contributed by atoms with Crippen molar-refractivity contribution in [2.75, 3.05) is 19.6 Å². The molecule has 1 atom stereocenters. The fourth-order valence-corrected chi connectivity index (χ4v) is 5.64. The number of amides is 1. The number of likely N-dealkylation sites (tertiary alicyclic amines) is 1. The number of sulfonamides is 1. The van der Waals surface area contributed by atoms with E-state index in [-0.39, 0.29) is 17.3 Å². The summed E-state index contributed by atoms with van der Waals surface area (Å²) in [6.07, 6.45) is 3.87. The van der Waals surface area contributed by atoms with Gasteiger partial charge in [-0.2, -0.15) is 4.31 Å². The maximum atomic E-state index is 14.1. The van der Waals surface area contributed by atoms with Crippen LogP contribution in [0.4, 0.5) is 4.39 Å². The summed E-state index contributed by atoms with van der Waals surface area (Å²) in [7, 11) is -4.06. The van der Waals surface area contributed by atoms with Gasteiger partial charge in [-0.05, 0) is 43.9 Å². The first kappa shape index (κ1) is 17.8. The molecule has 0 aromatic heterocycles. The maximum Gasteiger partial charge on any atom is 0.246 e. The van der Waals surface area contributed by atoms with Gasteiger partial charge in [-0.1, -0.05) is 22.4 Å². The molecule has 2 heterocycles. The number of nitrogens with zero attached hydrogens (tertiary/aromatic N) is 2. The van der Waals surface area contributed by atoms with Gasteiger partial charge in [0.1, 0.15) is 16.8 Å². The largest absolute Gasteiger partial charge is 0.341 e. The summed E-state index contributed by atoms with van der Waals surface area (Å²) < 4.78 is 41.8. The summed E-state index contributed by atoms with van der Waals surface area (Å²) in [5.41, 5.74) is 0. The van der Waals surface area contributed by atoms with Gasteiger partial charge in [0.15, 0.2) is 0 Å². The monoisotopic (exact) mass is 418 g/mol. The van der Waals surface area contributed by atoms with Crippen LogP contribution in [0.5, 0.6) is 0 Å². The van der Waals surface area contributed by atoms with Crippen molar-refractivity contribution >= 4 is 31.9 Å². The number of hydrogen-bond acceptors (Lipinski definition) is 3. The van der Waals surface area contributed by atoms with Crippen LogP contribution in [0.3, 0.4) is 0 Å². The van der Waals surface area contributed by atoms with Crippen molar-refractivity contribution in [2.45, 2.75) is 43.0 Å². The van der Waals surface area contributed by atoms with E-state index in [1.165, 1.54) is 16.4 Å². The summed E-state index contributed by atoms with van der Waals surface area (Å²) in [6, 6.07) is 3.12. The Morgan fingerprint density at radius 2 is 1.79 bits per heavy atom. The fraction of sp³-hybridized carbons (Fsp3) is 0.562. The second kappa shape index (κ2) is 7.09. The van der Waals surface area contributed by atoms with Crippen molar-refractivity contribution in [1.82, 2.24) is 9.21 Å². The predicted octanol–water partition coefficient (Wildman–Crippen LogP) is 2.75. The molecule has 8 heteroatoms. The van der Waals surface area contributed by atoms with E-state index in [0.29, 0.717) is 30.4 Å². The van der Waals surface area contributed by atoms with Gasteiger partial charge in [0.05, 0.1) is 0 Å². The van der Waals surface area contributed by atoms with E-state index < -0.39 is 21.9 Å². The van der Waals surface area contributed by atoms with Crippen LogP contribution in [0, 0.1) is 5.82 Å². The highest BCUT2D eigenvalue weighted by Gasteiger charge is 2.40. The number of halogens is 2. The second-order valence-corrected chi connectivity index (χ2v) is 9.01. The lowest BCUT2D eigenvalue weighted by Crippen LogP contribution is -2.52. The molecular formula is C16H20BrFN2O3S. The molecule has 2 aliphatic rings. The summed E-state index contributed by atoms with van der Waals surface area (Å²) in [5.74, 6) is -0.942. The molecule has 2 saturated heterocycles. The van der Waals surface area contributed by atoms with Crippen LogP contribution in [-0.2, 0) is 14.8 Å². The van der Waals surface area contributed by atoms with Crippen molar-refractivity contribution in [3.63, 3.8) is 0 Å². The lowest BCUT2D eigenvalue weighted by atomic mass is 10.0. The average Bonchev–Trinajstić information content (AvgIpc) is 3.11. The molecule has 3 rings (SSSR count). The van der Waals surface area contributed by atoms with Crippen molar-refractivity contribution in [3.8, 4) is 0 Å². The van der Waals surface area contributed by atoms with Crippen LogP contribution in [0.2, 0.25) is 0 Å². The topological polar surface area (TPSA) is 57.7 Å². The minimum atomic E-state index is -4.06. The van der Waals surface area contributed by atoms with Gasteiger partial charge in [0.25, 0.3) is 0 Å². The number of benzene rings is 1. The summed E-state index contributed by atoms with van der Waals surface area (Å²) in [6.45, 7) is 1.60. The Morgan fingerprint density at radius 3 is 2.50 bits per heavy atom. The second-order valence-electron chi connectivity index (χ2n) is 6.23. The zero-order valence-electron chi connectivity index (χ0n) is 13.2. The third-order valence-electron chi connectivity index (χ3n) is 4.64. The van der Waals surface area contributed by atoms with Crippen LogP contribution in [0.15, 0.2) is 27.6 Å². The van der Waals surface area contributed by atoms with Gasteiger partial charge >= 0.3 is 0 Å². The quantitative estimate of drug-likeness (QED) is 0.757. The SMILES string of the molecule is O=C(C1CCCCN1S(=O)(=O)c1cc(Br)ccc1F)N1CCCC1. The standard InChI is InChI=1S/C16H20BrFN2O3S/c17-12-6-7-13(18)15(11-12)24(22,23)20-10-2-1-5-14(20)16(21)19-8-3-4-9-19/h6-7,11,14H,1-5,8-10H2. The average molecular weight is 419 g/mol. The van der Waals surface area contributed by atoms with Gasteiger partial charge in [-0.25, -0.2) is 12.8 Å². The van der Waals surface area contributed by atoms with E-state index in [1.54, 1.807) is 4.90 Å². The Balaban J connectivity index is 1.94. The van der Waals surface area contributed by atoms with E-state index >= 15 is 0 Å². The van der Waals surface area contributed by atoms with Crippen LogP contribution < -0.4 is 0 Å². The third kappa shape index (κ3) is 3.36. The first-order valence-corrected chi connectivity index (χ1v) is 10.4. The Bertz CT molecular complexity index is 735. The molecule has 0 spiro atoms. The van der Waals surface area contributed by atoms with Crippen LogP contribution in [0.1, 0.15) is 32.1 Å². The minimum absolute atomic E-state index is 0.147. The van der Waals surface area contributed by atoms with Gasteiger partial charge < -0.3 is 4.90 Å². The van der Waals surface area contributed by atoms with Crippen molar-refractivity contribution in [2.24, 2.45) is 0 Å². The van der Waals surface area contributed by atoms with E-state index in [9.17, 15) is 17.6 Å². The molecule has 132 valence electrons. The zero-order valence-corrected chi connectivity index (χ0v) is 15.7. The van der Waals surface area contributed by atoms with Crippen LogP contribution in [-0.4, -0.2) is 49.2 Å². The number of rotatable bonds is 3. The minimum Gasteiger partial charge on any atom is -0.341 e. The molecule has 2 fully saturated rings. The smallest absolute Gasteiger partial charge is 0.246 e. The third-order valence-corrected chi connectivity index (χ3v) is 7.05. The lowest BCUT2D eigenvalue weighted by Gasteiger charge is -2.35. The molecule has 1 aromatic carbocycles. The molecule has 0 N–H and O–H groups in total. The predicted molar refractivity (Wildman–Crippen MR) is 91.4 cm³/mol. The Kier molecular flexibility index (Phi) is 5.27. The Hall–Kier alpha value is -0.990. The lowest BCUT2D eigenvalue weighted by molar-refractivity contribution is -0.135. The van der Waals surface area contributed by atoms with Crippen molar-refractivity contribution < 1.29 is 17.6 Å². The molecule has 1 aromatic rings. The molecule has 0 bridgehead atoms. The molecule has 0 aliphatic carbocycles. The first-order valence-electron chi connectivity index (χ1n) is 8.17.